The summed E-state index contributed by atoms with van der Waals surface area (Å²) in [4.78, 5) is 19.2. The van der Waals surface area contributed by atoms with Gasteiger partial charge in [0.2, 0.25) is 5.76 Å². The largest absolute Gasteiger partial charge is 0.445 e. The molecule has 2 atom stereocenters. The van der Waals surface area contributed by atoms with Gasteiger partial charge in [0.15, 0.2) is 0 Å². The van der Waals surface area contributed by atoms with E-state index >= 15 is 0 Å². The Bertz CT molecular complexity index is 797. The zero-order valence-electron chi connectivity index (χ0n) is 13.0. The number of carbonyl (C=O) groups is 1. The average molecular weight is 310 g/mol. The molecule has 0 radical (unpaired) electrons. The molecule has 2 aromatic rings. The summed E-state index contributed by atoms with van der Waals surface area (Å²) in [5, 5.41) is 12.8. The molecule has 118 valence electrons. The van der Waals surface area contributed by atoms with Crippen LogP contribution in [0, 0.1) is 17.2 Å². The molecular formula is C17H18N4O2. The molecule has 2 unspecified atom stereocenters. The van der Waals surface area contributed by atoms with Crippen LogP contribution in [0.3, 0.4) is 0 Å². The van der Waals surface area contributed by atoms with Crippen LogP contribution in [0.25, 0.3) is 11.0 Å². The van der Waals surface area contributed by atoms with E-state index in [1.165, 1.54) is 0 Å². The van der Waals surface area contributed by atoms with Crippen LogP contribution in [0.15, 0.2) is 22.7 Å². The molecule has 3 aliphatic rings. The van der Waals surface area contributed by atoms with Crippen LogP contribution in [-0.4, -0.2) is 41.0 Å². The van der Waals surface area contributed by atoms with Crippen LogP contribution in [0.2, 0.25) is 0 Å². The molecule has 3 fully saturated rings. The highest BCUT2D eigenvalue weighted by molar-refractivity contribution is 5.95. The van der Waals surface area contributed by atoms with Gasteiger partial charge in [0.05, 0.1) is 0 Å². The van der Waals surface area contributed by atoms with Crippen molar-refractivity contribution in [2.24, 2.45) is 5.92 Å². The second-order valence-corrected chi connectivity index (χ2v) is 6.44. The van der Waals surface area contributed by atoms with Crippen LogP contribution >= 0.6 is 0 Å². The van der Waals surface area contributed by atoms with E-state index in [0.29, 0.717) is 23.2 Å². The molecule has 23 heavy (non-hydrogen) atoms. The molecule has 1 N–H and O–H groups in total. The fourth-order valence-corrected chi connectivity index (χ4v) is 3.88. The summed E-state index contributed by atoms with van der Waals surface area (Å²) >= 11 is 0. The minimum Gasteiger partial charge on any atom is -0.445 e. The smallest absolute Gasteiger partial charge is 0.270 e. The van der Waals surface area contributed by atoms with E-state index in [-0.39, 0.29) is 17.7 Å². The van der Waals surface area contributed by atoms with Gasteiger partial charge in [0.1, 0.15) is 17.3 Å². The topological polar surface area (TPSA) is 82.2 Å². The highest BCUT2D eigenvalue weighted by Crippen LogP contribution is 2.32. The van der Waals surface area contributed by atoms with Crippen LogP contribution in [0.1, 0.15) is 36.0 Å². The van der Waals surface area contributed by atoms with Gasteiger partial charge >= 0.3 is 0 Å². The Balaban J connectivity index is 1.56. The first-order chi connectivity index (χ1) is 11.2. The molecule has 6 heteroatoms. The number of hydrogen-bond acceptors (Lipinski definition) is 5. The van der Waals surface area contributed by atoms with Crippen molar-refractivity contribution in [2.75, 3.05) is 13.1 Å². The number of piperidine rings is 3. The third-order valence-corrected chi connectivity index (χ3v) is 5.22. The van der Waals surface area contributed by atoms with Crippen molar-refractivity contribution in [1.29, 1.82) is 5.26 Å². The van der Waals surface area contributed by atoms with E-state index in [1.54, 1.807) is 18.3 Å². The number of fused-ring (bicyclic) bond motifs is 4. The first-order valence-electron chi connectivity index (χ1n) is 8.00. The molecule has 6 nitrogen and oxygen atoms in total. The number of aromatic nitrogens is 1. The lowest BCUT2D eigenvalue weighted by Crippen LogP contribution is -2.62. The van der Waals surface area contributed by atoms with Crippen LogP contribution < -0.4 is 5.32 Å². The number of furan rings is 1. The Morgan fingerprint density at radius 2 is 2.22 bits per heavy atom. The summed E-state index contributed by atoms with van der Waals surface area (Å²) < 4.78 is 5.38. The maximum absolute atomic E-state index is 12.6. The molecule has 0 aliphatic carbocycles. The number of nitrogens with zero attached hydrogens (tertiary/aromatic N) is 3. The molecule has 5 heterocycles. The van der Waals surface area contributed by atoms with Crippen molar-refractivity contribution in [1.82, 2.24) is 15.2 Å². The zero-order chi connectivity index (χ0) is 16.0. The normalized spacial score (nSPS) is 29.4. The molecule has 0 saturated carbocycles. The van der Waals surface area contributed by atoms with Crippen molar-refractivity contribution < 1.29 is 9.21 Å². The summed E-state index contributed by atoms with van der Waals surface area (Å²) in [6, 6.07) is 5.73. The van der Waals surface area contributed by atoms with Crippen LogP contribution in [0.5, 0.6) is 0 Å². The fraction of sp³-hybridized carbons (Fsp3) is 0.471. The van der Waals surface area contributed by atoms with Gasteiger partial charge in [-0.05, 0) is 38.8 Å². The molecule has 3 saturated heterocycles. The van der Waals surface area contributed by atoms with Crippen LogP contribution in [0.4, 0.5) is 0 Å². The average Bonchev–Trinajstić information content (AvgIpc) is 3.00. The summed E-state index contributed by atoms with van der Waals surface area (Å²) in [5.41, 5.74) is 0.851. The SMILES string of the molecule is CC1C(NC(=O)c2cc3oc(C#N)cc3cn2)C2CCN1CC2. The minimum atomic E-state index is -0.174. The number of carbonyl (C=O) groups excluding carboxylic acids is 1. The molecule has 5 rings (SSSR count). The fourth-order valence-electron chi connectivity index (χ4n) is 3.88. The van der Waals surface area contributed by atoms with Gasteiger partial charge in [-0.2, -0.15) is 5.26 Å². The quantitative estimate of drug-likeness (QED) is 0.916. The molecule has 1 amide bonds. The third-order valence-electron chi connectivity index (χ3n) is 5.22. The molecular weight excluding hydrogens is 292 g/mol. The number of hydrogen-bond donors (Lipinski definition) is 1. The van der Waals surface area contributed by atoms with Gasteiger partial charge in [-0.1, -0.05) is 0 Å². The Morgan fingerprint density at radius 1 is 1.43 bits per heavy atom. The molecule has 3 aliphatic heterocycles. The standard InChI is InChI=1S/C17H18N4O2/c1-10-16(11-2-4-21(10)5-3-11)20-17(22)14-7-15-12(9-19-14)6-13(8-18)23-15/h6-7,9-11,16H,2-5H2,1H3,(H,20,22). The Morgan fingerprint density at radius 3 is 2.91 bits per heavy atom. The van der Waals surface area contributed by atoms with Crippen molar-refractivity contribution in [3.63, 3.8) is 0 Å². The zero-order valence-corrected chi connectivity index (χ0v) is 13.0. The van der Waals surface area contributed by atoms with Gasteiger partial charge in [-0.15, -0.1) is 0 Å². The predicted molar refractivity (Wildman–Crippen MR) is 83.7 cm³/mol. The summed E-state index contributed by atoms with van der Waals surface area (Å²) in [7, 11) is 0. The number of nitrogens with one attached hydrogen (secondary N) is 1. The Kier molecular flexibility index (Phi) is 3.31. The number of pyridine rings is 1. The molecule has 2 bridgehead atoms. The predicted octanol–water partition coefficient (Wildman–Crippen LogP) is 1.91. The second-order valence-electron chi connectivity index (χ2n) is 6.44. The van der Waals surface area contributed by atoms with Crippen molar-refractivity contribution in [2.45, 2.75) is 31.8 Å². The van der Waals surface area contributed by atoms with E-state index in [1.807, 2.05) is 6.07 Å². The monoisotopic (exact) mass is 310 g/mol. The maximum Gasteiger partial charge on any atom is 0.270 e. The maximum atomic E-state index is 12.6. The van der Waals surface area contributed by atoms with Crippen LogP contribution in [-0.2, 0) is 0 Å². The van der Waals surface area contributed by atoms with E-state index in [4.69, 9.17) is 9.68 Å². The minimum absolute atomic E-state index is 0.174. The van der Waals surface area contributed by atoms with Gasteiger partial charge in [-0.25, -0.2) is 0 Å². The van der Waals surface area contributed by atoms with E-state index in [0.717, 1.165) is 31.3 Å². The third kappa shape index (κ3) is 2.37. The van der Waals surface area contributed by atoms with E-state index < -0.39 is 0 Å². The van der Waals surface area contributed by atoms with Crippen molar-refractivity contribution >= 4 is 16.9 Å². The summed E-state index contributed by atoms with van der Waals surface area (Å²) in [5.74, 6) is 0.606. The van der Waals surface area contributed by atoms with Gasteiger partial charge in [0, 0.05) is 35.8 Å². The molecule has 0 spiro atoms. The first-order valence-corrected chi connectivity index (χ1v) is 8.00. The number of rotatable bonds is 2. The van der Waals surface area contributed by atoms with Gasteiger partial charge in [0.25, 0.3) is 5.91 Å². The second kappa shape index (κ2) is 5.36. The van der Waals surface area contributed by atoms with Crippen molar-refractivity contribution in [3.05, 3.63) is 29.8 Å². The highest BCUT2D eigenvalue weighted by atomic mass is 16.3. The lowest BCUT2D eigenvalue weighted by Gasteiger charge is -2.49. The van der Waals surface area contributed by atoms with E-state index in [2.05, 4.69) is 22.1 Å². The van der Waals surface area contributed by atoms with E-state index in [9.17, 15) is 4.79 Å². The Hall–Kier alpha value is -2.39. The van der Waals surface area contributed by atoms with Crippen molar-refractivity contribution in [3.8, 4) is 6.07 Å². The number of nitriles is 1. The molecule has 2 aromatic heterocycles. The number of amides is 1. The summed E-state index contributed by atoms with van der Waals surface area (Å²) in [6.07, 6.45) is 3.87. The lowest BCUT2D eigenvalue weighted by molar-refractivity contribution is 0.0216. The summed E-state index contributed by atoms with van der Waals surface area (Å²) in [6.45, 7) is 4.44. The lowest BCUT2D eigenvalue weighted by atomic mass is 9.79. The van der Waals surface area contributed by atoms with Gasteiger partial charge < -0.3 is 9.73 Å². The van der Waals surface area contributed by atoms with Gasteiger partial charge in [-0.3, -0.25) is 14.7 Å². The highest BCUT2D eigenvalue weighted by Gasteiger charge is 2.40. The molecule has 0 aromatic carbocycles. The Labute approximate surface area is 134 Å². The first kappa shape index (κ1) is 14.2.